The molecular weight excluding hydrogens is 268 g/mol. The van der Waals surface area contributed by atoms with Crippen LogP contribution in [0.2, 0.25) is 0 Å². The number of nitrogens with zero attached hydrogens (tertiary/aromatic N) is 2. The largest absolute Gasteiger partial charge is 0.310 e. The molecule has 0 saturated carbocycles. The van der Waals surface area contributed by atoms with Gasteiger partial charge in [0.1, 0.15) is 0 Å². The summed E-state index contributed by atoms with van der Waals surface area (Å²) in [4.78, 5) is 13.4. The Hall–Kier alpha value is -1.34. The Kier molecular flexibility index (Phi) is 2.97. The second-order valence-electron chi connectivity index (χ2n) is 3.94. The molecule has 1 saturated heterocycles. The summed E-state index contributed by atoms with van der Waals surface area (Å²) in [6, 6.07) is 7.95. The molecule has 1 aliphatic rings. The molecule has 0 aromatic heterocycles. The van der Waals surface area contributed by atoms with E-state index in [2.05, 4.69) is 22.0 Å². The van der Waals surface area contributed by atoms with Crippen molar-refractivity contribution in [3.05, 3.63) is 28.2 Å². The van der Waals surface area contributed by atoms with Gasteiger partial charge in [-0.25, -0.2) is 0 Å². The molecule has 1 aliphatic heterocycles. The van der Waals surface area contributed by atoms with Gasteiger partial charge in [-0.05, 0) is 34.5 Å². The van der Waals surface area contributed by atoms with Gasteiger partial charge >= 0.3 is 0 Å². The van der Waals surface area contributed by atoms with Gasteiger partial charge in [0.25, 0.3) is 0 Å². The van der Waals surface area contributed by atoms with Crippen LogP contribution in [0.5, 0.6) is 0 Å². The maximum absolute atomic E-state index is 11.8. The minimum Gasteiger partial charge on any atom is -0.310 e. The fraction of sp³-hybridized carbons (Fsp3) is 0.333. The van der Waals surface area contributed by atoms with Gasteiger partial charge in [0.15, 0.2) is 0 Å². The van der Waals surface area contributed by atoms with E-state index in [1.807, 2.05) is 25.1 Å². The first-order valence-corrected chi connectivity index (χ1v) is 5.88. The lowest BCUT2D eigenvalue weighted by Gasteiger charge is -2.18. The number of amides is 1. The summed E-state index contributed by atoms with van der Waals surface area (Å²) >= 11 is 3.48. The highest BCUT2D eigenvalue weighted by molar-refractivity contribution is 9.10. The quantitative estimate of drug-likeness (QED) is 0.793. The number of hydrogen-bond donors (Lipinski definition) is 0. The summed E-state index contributed by atoms with van der Waals surface area (Å²) in [6.07, 6.45) is 0.330. The summed E-state index contributed by atoms with van der Waals surface area (Å²) in [5, 5.41) is 8.83. The van der Waals surface area contributed by atoms with Crippen molar-refractivity contribution in [3.8, 4) is 6.07 Å². The summed E-state index contributed by atoms with van der Waals surface area (Å²) in [5.41, 5.74) is 1.95. The maximum atomic E-state index is 11.8. The Morgan fingerprint density at radius 2 is 2.31 bits per heavy atom. The standard InChI is InChI=1S/C12H11BrN2O/c1-8-3-2-4-10(12(8)13)15-7-9(6-14)5-11(15)16/h2-4,9H,5,7H2,1H3. The van der Waals surface area contributed by atoms with E-state index in [-0.39, 0.29) is 11.8 Å². The van der Waals surface area contributed by atoms with E-state index in [0.29, 0.717) is 13.0 Å². The monoisotopic (exact) mass is 278 g/mol. The van der Waals surface area contributed by atoms with Crippen molar-refractivity contribution in [2.75, 3.05) is 11.4 Å². The van der Waals surface area contributed by atoms with Gasteiger partial charge in [-0.1, -0.05) is 12.1 Å². The molecule has 0 aliphatic carbocycles. The molecule has 1 heterocycles. The molecule has 4 heteroatoms. The van der Waals surface area contributed by atoms with Gasteiger partial charge in [-0.15, -0.1) is 0 Å². The molecule has 1 unspecified atom stereocenters. The number of benzene rings is 1. The molecule has 1 aromatic rings. The van der Waals surface area contributed by atoms with Gasteiger partial charge < -0.3 is 4.90 Å². The molecule has 2 rings (SSSR count). The third-order valence-electron chi connectivity index (χ3n) is 2.77. The smallest absolute Gasteiger partial charge is 0.228 e. The van der Waals surface area contributed by atoms with E-state index >= 15 is 0 Å². The molecular formula is C12H11BrN2O. The number of anilines is 1. The first kappa shape index (κ1) is 11.2. The predicted molar refractivity (Wildman–Crippen MR) is 65.0 cm³/mol. The molecule has 1 atom stereocenters. The van der Waals surface area contributed by atoms with Crippen molar-refractivity contribution >= 4 is 27.5 Å². The third-order valence-corrected chi connectivity index (χ3v) is 3.80. The highest BCUT2D eigenvalue weighted by Crippen LogP contribution is 2.33. The van der Waals surface area contributed by atoms with Crippen molar-refractivity contribution in [1.29, 1.82) is 5.26 Å². The molecule has 1 amide bonds. The van der Waals surface area contributed by atoms with Crippen LogP contribution in [0.25, 0.3) is 0 Å². The van der Waals surface area contributed by atoms with Gasteiger partial charge in [-0.3, -0.25) is 4.79 Å². The number of carbonyl (C=O) groups is 1. The number of halogens is 1. The first-order valence-electron chi connectivity index (χ1n) is 5.08. The van der Waals surface area contributed by atoms with Gasteiger partial charge in [0, 0.05) is 17.4 Å². The lowest BCUT2D eigenvalue weighted by molar-refractivity contribution is -0.117. The average molecular weight is 279 g/mol. The van der Waals surface area contributed by atoms with Crippen LogP contribution in [0.4, 0.5) is 5.69 Å². The number of carbonyl (C=O) groups excluding carboxylic acids is 1. The van der Waals surface area contributed by atoms with E-state index in [9.17, 15) is 4.79 Å². The van der Waals surface area contributed by atoms with Crippen LogP contribution in [0.1, 0.15) is 12.0 Å². The van der Waals surface area contributed by atoms with Crippen LogP contribution in [-0.4, -0.2) is 12.5 Å². The third kappa shape index (κ3) is 1.83. The van der Waals surface area contributed by atoms with Crippen molar-refractivity contribution in [1.82, 2.24) is 0 Å². The molecule has 16 heavy (non-hydrogen) atoms. The molecule has 0 bridgehead atoms. The molecule has 0 N–H and O–H groups in total. The predicted octanol–water partition coefficient (Wildman–Crippen LogP) is 2.63. The molecule has 3 nitrogen and oxygen atoms in total. The normalized spacial score (nSPS) is 19.9. The molecule has 1 aromatic carbocycles. The van der Waals surface area contributed by atoms with Crippen LogP contribution in [0, 0.1) is 24.2 Å². The van der Waals surface area contributed by atoms with Crippen molar-refractivity contribution < 1.29 is 4.79 Å². The van der Waals surface area contributed by atoms with E-state index in [1.54, 1.807) is 4.90 Å². The highest BCUT2D eigenvalue weighted by atomic mass is 79.9. The van der Waals surface area contributed by atoms with Crippen LogP contribution in [0.15, 0.2) is 22.7 Å². The number of rotatable bonds is 1. The second kappa shape index (κ2) is 4.26. The molecule has 0 spiro atoms. The van der Waals surface area contributed by atoms with Gasteiger partial charge in [0.05, 0.1) is 17.7 Å². The summed E-state index contributed by atoms with van der Waals surface area (Å²) in [5.74, 6) is -0.155. The minimum atomic E-state index is -0.181. The van der Waals surface area contributed by atoms with E-state index in [4.69, 9.17) is 5.26 Å². The van der Waals surface area contributed by atoms with Crippen LogP contribution in [0.3, 0.4) is 0 Å². The maximum Gasteiger partial charge on any atom is 0.228 e. The fourth-order valence-electron chi connectivity index (χ4n) is 1.87. The summed E-state index contributed by atoms with van der Waals surface area (Å²) in [7, 11) is 0. The lowest BCUT2D eigenvalue weighted by Crippen LogP contribution is -2.24. The summed E-state index contributed by atoms with van der Waals surface area (Å²) in [6.45, 7) is 2.48. The number of nitriles is 1. The van der Waals surface area contributed by atoms with Crippen LogP contribution >= 0.6 is 15.9 Å². The van der Waals surface area contributed by atoms with Crippen molar-refractivity contribution in [3.63, 3.8) is 0 Å². The Morgan fingerprint density at radius 1 is 1.56 bits per heavy atom. The zero-order valence-corrected chi connectivity index (χ0v) is 10.5. The van der Waals surface area contributed by atoms with Crippen LogP contribution in [-0.2, 0) is 4.79 Å². The number of aryl methyl sites for hydroxylation is 1. The van der Waals surface area contributed by atoms with E-state index in [0.717, 1.165) is 15.7 Å². The minimum absolute atomic E-state index is 0.0258. The molecule has 82 valence electrons. The van der Waals surface area contributed by atoms with Crippen LogP contribution < -0.4 is 4.90 Å². The molecule has 0 radical (unpaired) electrons. The van der Waals surface area contributed by atoms with Crippen molar-refractivity contribution in [2.24, 2.45) is 5.92 Å². The van der Waals surface area contributed by atoms with E-state index < -0.39 is 0 Å². The van der Waals surface area contributed by atoms with E-state index in [1.165, 1.54) is 0 Å². The first-order chi connectivity index (χ1) is 7.63. The fourth-order valence-corrected chi connectivity index (χ4v) is 2.35. The number of hydrogen-bond acceptors (Lipinski definition) is 2. The van der Waals surface area contributed by atoms with Gasteiger partial charge in [-0.2, -0.15) is 5.26 Å². The Balaban J connectivity index is 2.36. The van der Waals surface area contributed by atoms with Crippen molar-refractivity contribution in [2.45, 2.75) is 13.3 Å². The zero-order chi connectivity index (χ0) is 11.7. The summed E-state index contributed by atoms with van der Waals surface area (Å²) < 4.78 is 0.932. The SMILES string of the molecule is Cc1cccc(N2CC(C#N)CC2=O)c1Br. The lowest BCUT2D eigenvalue weighted by atomic mass is 10.1. The Bertz CT molecular complexity index is 478. The molecule has 1 fully saturated rings. The Labute approximate surface area is 103 Å². The van der Waals surface area contributed by atoms with Gasteiger partial charge in [0.2, 0.25) is 5.91 Å². The average Bonchev–Trinajstić information content (AvgIpc) is 2.64. The topological polar surface area (TPSA) is 44.1 Å². The highest BCUT2D eigenvalue weighted by Gasteiger charge is 2.31. The Morgan fingerprint density at radius 3 is 2.94 bits per heavy atom. The second-order valence-corrected chi connectivity index (χ2v) is 4.74. The zero-order valence-electron chi connectivity index (χ0n) is 8.90.